The van der Waals surface area contributed by atoms with Crippen molar-refractivity contribution < 1.29 is 40.6 Å². The van der Waals surface area contributed by atoms with Gasteiger partial charge in [0.15, 0.2) is 11.5 Å². The van der Waals surface area contributed by atoms with Crippen molar-refractivity contribution in [2.45, 2.75) is 50.2 Å². The molecule has 218 valence electrons. The zero-order valence-electron chi connectivity index (χ0n) is 21.9. The molecule has 1 N–H and O–H groups in total. The van der Waals surface area contributed by atoms with E-state index in [2.05, 4.69) is 5.32 Å². The number of piperidine rings is 1. The summed E-state index contributed by atoms with van der Waals surface area (Å²) in [6, 6.07) is 15.5. The van der Waals surface area contributed by atoms with Gasteiger partial charge in [0, 0.05) is 30.7 Å². The first-order valence-electron chi connectivity index (χ1n) is 13.2. The van der Waals surface area contributed by atoms with Gasteiger partial charge in [-0.15, -0.1) is 0 Å². The lowest BCUT2D eigenvalue weighted by Gasteiger charge is -2.40. The Kier molecular flexibility index (Phi) is 8.17. The fourth-order valence-electron chi connectivity index (χ4n) is 5.29. The van der Waals surface area contributed by atoms with Gasteiger partial charge in [0.05, 0.1) is 11.1 Å². The largest absolute Gasteiger partial charge is 0.486 e. The molecule has 0 spiro atoms. The molecule has 0 radical (unpaired) electrons. The van der Waals surface area contributed by atoms with E-state index in [1.807, 2.05) is 48.5 Å². The molecule has 2 aliphatic rings. The van der Waals surface area contributed by atoms with E-state index in [1.54, 1.807) is 0 Å². The quantitative estimate of drug-likeness (QED) is 0.340. The zero-order chi connectivity index (χ0) is 29.2. The number of hydrogen-bond donors (Lipinski definition) is 1. The second-order valence-corrected chi connectivity index (χ2v) is 10.2. The van der Waals surface area contributed by atoms with Crippen LogP contribution in [0.5, 0.6) is 11.5 Å². The van der Waals surface area contributed by atoms with Crippen LogP contribution in [0, 0.1) is 0 Å². The van der Waals surface area contributed by atoms with Crippen LogP contribution in [0.4, 0.5) is 26.3 Å². The van der Waals surface area contributed by atoms with Crippen molar-refractivity contribution in [3.05, 3.63) is 94.5 Å². The predicted molar refractivity (Wildman–Crippen MR) is 139 cm³/mol. The van der Waals surface area contributed by atoms with Crippen LogP contribution in [-0.2, 0) is 25.3 Å². The molecule has 1 fully saturated rings. The van der Waals surface area contributed by atoms with Crippen molar-refractivity contribution in [1.82, 2.24) is 10.2 Å². The fourth-order valence-corrected chi connectivity index (χ4v) is 5.29. The van der Waals surface area contributed by atoms with E-state index in [0.29, 0.717) is 62.7 Å². The van der Waals surface area contributed by atoms with Crippen LogP contribution in [0.2, 0.25) is 0 Å². The van der Waals surface area contributed by atoms with Crippen LogP contribution in [0.25, 0.3) is 0 Å². The van der Waals surface area contributed by atoms with Crippen LogP contribution in [0.1, 0.15) is 45.5 Å². The van der Waals surface area contributed by atoms with E-state index in [0.717, 1.165) is 11.1 Å². The number of nitrogens with one attached hydrogen (secondary N) is 1. The first-order chi connectivity index (χ1) is 19.5. The van der Waals surface area contributed by atoms with E-state index in [4.69, 9.17) is 9.47 Å². The molecule has 5 rings (SSSR count). The van der Waals surface area contributed by atoms with Crippen LogP contribution in [-0.4, -0.2) is 42.6 Å². The Bertz CT molecular complexity index is 1340. The maximum absolute atomic E-state index is 13.5. The van der Waals surface area contributed by atoms with Crippen molar-refractivity contribution in [2.24, 2.45) is 0 Å². The van der Waals surface area contributed by atoms with Gasteiger partial charge in [-0.2, -0.15) is 26.3 Å². The van der Waals surface area contributed by atoms with Crippen LogP contribution in [0.3, 0.4) is 0 Å². The molecule has 0 bridgehead atoms. The summed E-state index contributed by atoms with van der Waals surface area (Å²) in [6.45, 7) is 1.64. The Morgan fingerprint density at radius 1 is 0.829 bits per heavy atom. The average Bonchev–Trinajstić information content (AvgIpc) is 2.95. The van der Waals surface area contributed by atoms with Gasteiger partial charge in [-0.25, -0.2) is 0 Å². The molecule has 41 heavy (non-hydrogen) atoms. The third-order valence-corrected chi connectivity index (χ3v) is 7.33. The molecule has 0 aliphatic carbocycles. The van der Waals surface area contributed by atoms with E-state index in [9.17, 15) is 31.1 Å². The first kappa shape index (κ1) is 28.8. The van der Waals surface area contributed by atoms with Gasteiger partial charge in [-0.05, 0) is 60.7 Å². The molecule has 1 amide bonds. The lowest BCUT2D eigenvalue weighted by molar-refractivity contribution is -0.143. The minimum atomic E-state index is -5.04. The minimum Gasteiger partial charge on any atom is -0.486 e. The Labute approximate surface area is 233 Å². The molecule has 2 heterocycles. The smallest absolute Gasteiger partial charge is 0.416 e. The zero-order valence-corrected chi connectivity index (χ0v) is 21.9. The standard InChI is InChI=1S/C30H28F6N2O3/c31-29(32,33)22-14-21(15-23(16-22)30(34,35)36)28(39)38-9-8-24(17-25(38)12-19-4-2-1-3-5-19)37-18-20-6-7-26-27(13-20)41-11-10-40-26/h1-7,13-16,24-25,37H,8-12,17-18H2/t24-,25+/m0/s1. The summed E-state index contributed by atoms with van der Waals surface area (Å²) >= 11 is 0. The molecule has 0 saturated carbocycles. The molecule has 3 aromatic rings. The molecule has 5 nitrogen and oxygen atoms in total. The number of likely N-dealkylation sites (tertiary alicyclic amines) is 1. The molecule has 2 atom stereocenters. The average molecular weight is 579 g/mol. The first-order valence-corrected chi connectivity index (χ1v) is 13.2. The predicted octanol–water partition coefficient (Wildman–Crippen LogP) is 6.50. The molecular formula is C30H28F6N2O3. The summed E-state index contributed by atoms with van der Waals surface area (Å²) in [5.74, 6) is 0.489. The van der Waals surface area contributed by atoms with E-state index in [1.165, 1.54) is 4.90 Å². The van der Waals surface area contributed by atoms with Gasteiger partial charge in [-0.1, -0.05) is 36.4 Å². The number of nitrogens with zero attached hydrogens (tertiary/aromatic N) is 1. The second kappa shape index (κ2) is 11.6. The summed E-state index contributed by atoms with van der Waals surface area (Å²) in [7, 11) is 0. The summed E-state index contributed by atoms with van der Waals surface area (Å²) in [6.07, 6.45) is -8.72. The topological polar surface area (TPSA) is 50.8 Å². The maximum atomic E-state index is 13.5. The lowest BCUT2D eigenvalue weighted by Crippen LogP contribution is -2.51. The highest BCUT2D eigenvalue weighted by molar-refractivity contribution is 5.95. The van der Waals surface area contributed by atoms with Crippen LogP contribution < -0.4 is 14.8 Å². The third-order valence-electron chi connectivity index (χ3n) is 7.33. The molecule has 11 heteroatoms. The Morgan fingerprint density at radius 2 is 1.49 bits per heavy atom. The number of fused-ring (bicyclic) bond motifs is 1. The SMILES string of the molecule is O=C(c1cc(C(F)(F)F)cc(C(F)(F)F)c1)N1CC[C@H](NCc2ccc3c(c2)OCCO3)C[C@H]1Cc1ccccc1. The van der Waals surface area contributed by atoms with Crippen molar-refractivity contribution in [1.29, 1.82) is 0 Å². The molecular weight excluding hydrogens is 550 g/mol. The van der Waals surface area contributed by atoms with Gasteiger partial charge >= 0.3 is 12.4 Å². The van der Waals surface area contributed by atoms with Crippen molar-refractivity contribution in [3.8, 4) is 11.5 Å². The number of alkyl halides is 6. The normalized spacial score (nSPS) is 19.2. The molecule has 0 aromatic heterocycles. The van der Waals surface area contributed by atoms with Crippen molar-refractivity contribution >= 4 is 5.91 Å². The summed E-state index contributed by atoms with van der Waals surface area (Å²) in [5.41, 5.74) is -1.77. The highest BCUT2D eigenvalue weighted by Crippen LogP contribution is 2.37. The summed E-state index contributed by atoms with van der Waals surface area (Å²) in [5, 5.41) is 3.49. The van der Waals surface area contributed by atoms with Gasteiger partial charge in [0.25, 0.3) is 5.91 Å². The van der Waals surface area contributed by atoms with Gasteiger partial charge in [-0.3, -0.25) is 4.79 Å². The molecule has 2 aliphatic heterocycles. The van der Waals surface area contributed by atoms with Gasteiger partial charge < -0.3 is 19.7 Å². The molecule has 3 aromatic carbocycles. The maximum Gasteiger partial charge on any atom is 0.416 e. The Hall–Kier alpha value is -3.73. The van der Waals surface area contributed by atoms with Gasteiger partial charge in [0.1, 0.15) is 13.2 Å². The second-order valence-electron chi connectivity index (χ2n) is 10.2. The molecule has 1 saturated heterocycles. The summed E-state index contributed by atoms with van der Waals surface area (Å²) < 4.78 is 92.0. The highest BCUT2D eigenvalue weighted by Gasteiger charge is 2.39. The van der Waals surface area contributed by atoms with E-state index >= 15 is 0 Å². The number of rotatable bonds is 6. The number of carbonyl (C=O) groups excluding carboxylic acids is 1. The number of ether oxygens (including phenoxy) is 2. The van der Waals surface area contributed by atoms with Gasteiger partial charge in [0.2, 0.25) is 0 Å². The monoisotopic (exact) mass is 578 g/mol. The highest BCUT2D eigenvalue weighted by atomic mass is 19.4. The number of amides is 1. The number of hydrogen-bond acceptors (Lipinski definition) is 4. The molecule has 0 unspecified atom stereocenters. The van der Waals surface area contributed by atoms with E-state index < -0.39 is 41.0 Å². The number of benzene rings is 3. The third kappa shape index (κ3) is 6.95. The van der Waals surface area contributed by atoms with Crippen molar-refractivity contribution in [3.63, 3.8) is 0 Å². The Morgan fingerprint density at radius 3 is 2.15 bits per heavy atom. The summed E-state index contributed by atoms with van der Waals surface area (Å²) in [4.78, 5) is 14.9. The minimum absolute atomic E-state index is 0.0340. The Balaban J connectivity index is 1.36. The fraction of sp³-hybridized carbons (Fsp3) is 0.367. The number of halogens is 6. The van der Waals surface area contributed by atoms with E-state index in [-0.39, 0.29) is 18.7 Å². The lowest BCUT2D eigenvalue weighted by atomic mass is 9.91. The van der Waals surface area contributed by atoms with Crippen molar-refractivity contribution in [2.75, 3.05) is 19.8 Å². The number of carbonyl (C=O) groups is 1. The van der Waals surface area contributed by atoms with Crippen LogP contribution >= 0.6 is 0 Å². The van der Waals surface area contributed by atoms with Crippen LogP contribution in [0.15, 0.2) is 66.7 Å².